The first-order valence-electron chi connectivity index (χ1n) is 8.73. The van der Waals surface area contributed by atoms with Crippen LogP contribution < -0.4 is 19.5 Å². The van der Waals surface area contributed by atoms with Crippen LogP contribution in [0.1, 0.15) is 12.5 Å². The minimum absolute atomic E-state index is 0.110. The molecule has 1 N–H and O–H groups in total. The Morgan fingerprint density at radius 2 is 1.86 bits per heavy atom. The van der Waals surface area contributed by atoms with Crippen molar-refractivity contribution in [2.45, 2.75) is 18.4 Å². The molecule has 150 valence electrons. The van der Waals surface area contributed by atoms with Crippen LogP contribution in [0.15, 0.2) is 47.4 Å². The van der Waals surface area contributed by atoms with Crippen LogP contribution in [0, 0.1) is 0 Å². The minimum Gasteiger partial charge on any atom is -0.497 e. The summed E-state index contributed by atoms with van der Waals surface area (Å²) >= 11 is 0. The second-order valence-electron chi connectivity index (χ2n) is 6.07. The molecule has 0 saturated carbocycles. The van der Waals surface area contributed by atoms with E-state index in [0.717, 1.165) is 9.87 Å². The first-order chi connectivity index (χ1) is 13.4. The number of rotatable bonds is 8. The predicted octanol–water partition coefficient (Wildman–Crippen LogP) is 1.75. The van der Waals surface area contributed by atoms with Crippen molar-refractivity contribution in [3.05, 3.63) is 48.0 Å². The maximum atomic E-state index is 12.8. The fourth-order valence-electron chi connectivity index (χ4n) is 2.73. The highest BCUT2D eigenvalue weighted by molar-refractivity contribution is 7.89. The number of ether oxygens (including phenoxy) is 3. The molecule has 8 nitrogen and oxygen atoms in total. The summed E-state index contributed by atoms with van der Waals surface area (Å²) in [5.74, 6) is 1.46. The van der Waals surface area contributed by atoms with Crippen molar-refractivity contribution in [1.82, 2.24) is 9.62 Å². The lowest BCUT2D eigenvalue weighted by molar-refractivity contribution is -0.121. The zero-order chi connectivity index (χ0) is 20.1. The predicted molar refractivity (Wildman–Crippen MR) is 102 cm³/mol. The highest BCUT2D eigenvalue weighted by atomic mass is 32.2. The van der Waals surface area contributed by atoms with E-state index in [-0.39, 0.29) is 31.3 Å². The van der Waals surface area contributed by atoms with Gasteiger partial charge in [0, 0.05) is 13.1 Å². The molecule has 1 amide bonds. The van der Waals surface area contributed by atoms with Crippen LogP contribution >= 0.6 is 0 Å². The number of nitrogens with zero attached hydrogens (tertiary/aromatic N) is 1. The fraction of sp³-hybridized carbons (Fsp3) is 0.316. The zero-order valence-electron chi connectivity index (χ0n) is 15.7. The number of nitrogens with one attached hydrogen (secondary N) is 1. The molecule has 1 aliphatic rings. The van der Waals surface area contributed by atoms with Gasteiger partial charge in [0.15, 0.2) is 11.5 Å². The number of likely N-dealkylation sites (N-methyl/N-ethyl adjacent to an activating group) is 1. The minimum atomic E-state index is -3.78. The molecule has 0 aliphatic carbocycles. The van der Waals surface area contributed by atoms with Gasteiger partial charge in [-0.3, -0.25) is 4.79 Å². The van der Waals surface area contributed by atoms with Crippen molar-refractivity contribution < 1.29 is 27.4 Å². The fourth-order valence-corrected chi connectivity index (χ4v) is 4.14. The van der Waals surface area contributed by atoms with Crippen LogP contribution in [0.4, 0.5) is 0 Å². The summed E-state index contributed by atoms with van der Waals surface area (Å²) in [4.78, 5) is 12.4. The van der Waals surface area contributed by atoms with Crippen molar-refractivity contribution >= 4 is 15.9 Å². The maximum absolute atomic E-state index is 12.8. The van der Waals surface area contributed by atoms with Crippen LogP contribution in [0.5, 0.6) is 17.2 Å². The van der Waals surface area contributed by atoms with E-state index in [2.05, 4.69) is 5.32 Å². The summed E-state index contributed by atoms with van der Waals surface area (Å²) in [6.07, 6.45) is 0. The molecule has 0 fully saturated rings. The number of amides is 1. The van der Waals surface area contributed by atoms with Crippen molar-refractivity contribution in [1.29, 1.82) is 0 Å². The Bertz CT molecular complexity index is 943. The molecule has 0 saturated heterocycles. The molecule has 0 atom stereocenters. The van der Waals surface area contributed by atoms with E-state index in [1.807, 2.05) is 6.07 Å². The monoisotopic (exact) mass is 406 g/mol. The first-order valence-corrected chi connectivity index (χ1v) is 10.2. The Labute approximate surface area is 164 Å². The van der Waals surface area contributed by atoms with E-state index in [0.29, 0.717) is 17.2 Å². The van der Waals surface area contributed by atoms with Gasteiger partial charge in [0.2, 0.25) is 22.7 Å². The molecule has 0 bridgehead atoms. The highest BCUT2D eigenvalue weighted by Crippen LogP contribution is 2.32. The number of sulfonamides is 1. The van der Waals surface area contributed by atoms with Gasteiger partial charge in [0.1, 0.15) is 5.75 Å². The summed E-state index contributed by atoms with van der Waals surface area (Å²) in [6, 6.07) is 11.4. The van der Waals surface area contributed by atoms with E-state index in [1.54, 1.807) is 31.2 Å². The van der Waals surface area contributed by atoms with E-state index >= 15 is 0 Å². The van der Waals surface area contributed by atoms with Gasteiger partial charge in [-0.2, -0.15) is 4.31 Å². The molecule has 1 heterocycles. The third-order valence-electron chi connectivity index (χ3n) is 4.30. The van der Waals surface area contributed by atoms with E-state index in [1.165, 1.54) is 19.2 Å². The van der Waals surface area contributed by atoms with Crippen molar-refractivity contribution in [3.63, 3.8) is 0 Å². The third kappa shape index (κ3) is 4.37. The van der Waals surface area contributed by atoms with Gasteiger partial charge in [0.05, 0.1) is 18.6 Å². The molecule has 2 aromatic carbocycles. The van der Waals surface area contributed by atoms with Gasteiger partial charge in [0.25, 0.3) is 0 Å². The molecule has 9 heteroatoms. The summed E-state index contributed by atoms with van der Waals surface area (Å²) in [7, 11) is -2.28. The lowest BCUT2D eigenvalue weighted by Gasteiger charge is -2.20. The SMILES string of the molecule is CCN(CC(=O)NCc1ccc2c(c1)OCO2)S(=O)(=O)c1ccc(OC)cc1. The Hall–Kier alpha value is -2.78. The molecule has 0 radical (unpaired) electrons. The lowest BCUT2D eigenvalue weighted by atomic mass is 10.2. The van der Waals surface area contributed by atoms with E-state index in [4.69, 9.17) is 14.2 Å². The van der Waals surface area contributed by atoms with Crippen molar-refractivity contribution in [2.24, 2.45) is 0 Å². The standard InChI is InChI=1S/C19H22N2O6S/c1-3-21(28(23,24)16-7-5-15(25-2)6-8-16)12-19(22)20-11-14-4-9-17-18(10-14)27-13-26-17/h4-10H,3,11-13H2,1-2H3,(H,20,22). The first kappa shape index (κ1) is 20.0. The number of fused-ring (bicyclic) bond motifs is 1. The summed E-state index contributed by atoms with van der Waals surface area (Å²) < 4.78 is 42.3. The van der Waals surface area contributed by atoms with Crippen LogP contribution in [-0.4, -0.2) is 45.6 Å². The van der Waals surface area contributed by atoms with Gasteiger partial charge in [-0.15, -0.1) is 0 Å². The molecule has 0 aromatic heterocycles. The average molecular weight is 406 g/mol. The molecule has 3 rings (SSSR count). The Morgan fingerprint density at radius 1 is 1.14 bits per heavy atom. The molecule has 0 unspecified atom stereocenters. The topological polar surface area (TPSA) is 94.2 Å². The van der Waals surface area contributed by atoms with Crippen LogP contribution in [0.2, 0.25) is 0 Å². The second kappa shape index (κ2) is 8.49. The largest absolute Gasteiger partial charge is 0.497 e. The highest BCUT2D eigenvalue weighted by Gasteiger charge is 2.25. The second-order valence-corrected chi connectivity index (χ2v) is 8.01. The molecular formula is C19H22N2O6S. The molecule has 28 heavy (non-hydrogen) atoms. The summed E-state index contributed by atoms with van der Waals surface area (Å²) in [6.45, 7) is 2.03. The molecular weight excluding hydrogens is 384 g/mol. The average Bonchev–Trinajstić information content (AvgIpc) is 3.18. The van der Waals surface area contributed by atoms with E-state index in [9.17, 15) is 13.2 Å². The lowest BCUT2D eigenvalue weighted by Crippen LogP contribution is -2.40. The summed E-state index contributed by atoms with van der Waals surface area (Å²) in [5.41, 5.74) is 0.832. The van der Waals surface area contributed by atoms with Gasteiger partial charge >= 0.3 is 0 Å². The van der Waals surface area contributed by atoms with Gasteiger partial charge in [-0.25, -0.2) is 8.42 Å². The van der Waals surface area contributed by atoms with Crippen LogP contribution in [-0.2, 0) is 21.4 Å². The zero-order valence-corrected chi connectivity index (χ0v) is 16.5. The van der Waals surface area contributed by atoms with Crippen molar-refractivity contribution in [2.75, 3.05) is 27.0 Å². The van der Waals surface area contributed by atoms with E-state index < -0.39 is 15.9 Å². The normalized spacial score (nSPS) is 12.8. The number of carbonyl (C=O) groups is 1. The molecule has 1 aliphatic heterocycles. The molecule has 2 aromatic rings. The smallest absolute Gasteiger partial charge is 0.243 e. The number of methoxy groups -OCH3 is 1. The van der Waals surface area contributed by atoms with Gasteiger partial charge in [-0.1, -0.05) is 13.0 Å². The van der Waals surface area contributed by atoms with Crippen molar-refractivity contribution in [3.8, 4) is 17.2 Å². The Morgan fingerprint density at radius 3 is 2.54 bits per heavy atom. The number of hydrogen-bond donors (Lipinski definition) is 1. The molecule has 0 spiro atoms. The third-order valence-corrected chi connectivity index (χ3v) is 6.23. The number of carbonyl (C=O) groups excluding carboxylic acids is 1. The van der Waals surface area contributed by atoms with Crippen LogP contribution in [0.25, 0.3) is 0 Å². The Balaban J connectivity index is 1.62. The van der Waals surface area contributed by atoms with Gasteiger partial charge < -0.3 is 19.5 Å². The Kier molecular flexibility index (Phi) is 6.05. The maximum Gasteiger partial charge on any atom is 0.243 e. The number of benzene rings is 2. The quantitative estimate of drug-likeness (QED) is 0.718. The summed E-state index contributed by atoms with van der Waals surface area (Å²) in [5, 5.41) is 2.74. The number of hydrogen-bond acceptors (Lipinski definition) is 6. The van der Waals surface area contributed by atoms with Gasteiger partial charge in [-0.05, 0) is 42.0 Å². The van der Waals surface area contributed by atoms with Crippen LogP contribution in [0.3, 0.4) is 0 Å².